The van der Waals surface area contributed by atoms with E-state index in [1.165, 1.54) is 7.11 Å². The molecule has 0 aromatic heterocycles. The van der Waals surface area contributed by atoms with E-state index in [9.17, 15) is 22.8 Å². The van der Waals surface area contributed by atoms with Crippen molar-refractivity contribution < 1.29 is 27.5 Å². The van der Waals surface area contributed by atoms with Crippen LogP contribution in [0, 0.1) is 5.92 Å². The Balaban J connectivity index is 1.77. The van der Waals surface area contributed by atoms with Crippen LogP contribution in [0.1, 0.15) is 32.1 Å². The summed E-state index contributed by atoms with van der Waals surface area (Å²) in [4.78, 5) is 23.9. The van der Waals surface area contributed by atoms with Crippen molar-refractivity contribution in [3.63, 3.8) is 0 Å². The summed E-state index contributed by atoms with van der Waals surface area (Å²) in [5.74, 6) is -0.751. The van der Waals surface area contributed by atoms with Crippen molar-refractivity contribution >= 4 is 11.9 Å². The fraction of sp³-hybridized carbons (Fsp3) is 0.857. The summed E-state index contributed by atoms with van der Waals surface area (Å²) in [5.41, 5.74) is 0. The smallest absolute Gasteiger partial charge is 0.406 e. The average Bonchev–Trinajstić information content (AvgIpc) is 2.76. The van der Waals surface area contributed by atoms with Crippen LogP contribution in [0.2, 0.25) is 0 Å². The van der Waals surface area contributed by atoms with Crippen LogP contribution in [0.5, 0.6) is 0 Å². The summed E-state index contributed by atoms with van der Waals surface area (Å²) < 4.78 is 41.8. The zero-order chi connectivity index (χ0) is 16.3. The number of carbonyl (C=O) groups is 2. The Labute approximate surface area is 127 Å². The monoisotopic (exact) mass is 322 g/mol. The summed E-state index contributed by atoms with van der Waals surface area (Å²) in [6.07, 6.45) is -1.31. The van der Waals surface area contributed by atoms with E-state index in [0.717, 1.165) is 17.7 Å². The number of likely N-dealkylation sites (tertiary alicyclic amines) is 1. The van der Waals surface area contributed by atoms with Crippen molar-refractivity contribution in [2.75, 3.05) is 20.2 Å². The van der Waals surface area contributed by atoms with Crippen molar-refractivity contribution in [2.24, 2.45) is 5.92 Å². The van der Waals surface area contributed by atoms with E-state index in [1.54, 1.807) is 0 Å². The lowest BCUT2D eigenvalue weighted by molar-refractivity contribution is -0.157. The van der Waals surface area contributed by atoms with E-state index in [0.29, 0.717) is 12.8 Å². The van der Waals surface area contributed by atoms with Crippen LogP contribution in [-0.4, -0.2) is 55.2 Å². The second-order valence-electron chi connectivity index (χ2n) is 6.03. The van der Waals surface area contributed by atoms with Crippen LogP contribution in [-0.2, 0) is 14.3 Å². The van der Waals surface area contributed by atoms with Gasteiger partial charge >= 0.3 is 12.1 Å². The van der Waals surface area contributed by atoms with Crippen molar-refractivity contribution in [3.8, 4) is 0 Å². The SMILES string of the molecule is COC(=O)C1CCC(N[C@H]2CC(=O)N(CC(F)(F)F)C2)CC1. The zero-order valence-electron chi connectivity index (χ0n) is 12.5. The Morgan fingerprint density at radius 1 is 1.27 bits per heavy atom. The maximum absolute atomic E-state index is 12.4. The van der Waals surface area contributed by atoms with E-state index in [1.807, 2.05) is 0 Å². The number of hydrogen-bond donors (Lipinski definition) is 1. The van der Waals surface area contributed by atoms with Gasteiger partial charge in [-0.2, -0.15) is 13.2 Å². The summed E-state index contributed by atoms with van der Waals surface area (Å²) in [7, 11) is 1.37. The molecule has 1 aliphatic carbocycles. The quantitative estimate of drug-likeness (QED) is 0.797. The molecule has 1 heterocycles. The Kier molecular flexibility index (Phi) is 5.31. The summed E-state index contributed by atoms with van der Waals surface area (Å²) in [6, 6.07) is -0.0981. The van der Waals surface area contributed by atoms with Gasteiger partial charge in [0.25, 0.3) is 0 Å². The number of esters is 1. The van der Waals surface area contributed by atoms with Gasteiger partial charge < -0.3 is 15.0 Å². The van der Waals surface area contributed by atoms with E-state index < -0.39 is 18.6 Å². The van der Waals surface area contributed by atoms with Crippen molar-refractivity contribution in [1.82, 2.24) is 10.2 Å². The van der Waals surface area contributed by atoms with Crippen LogP contribution in [0.15, 0.2) is 0 Å². The molecule has 1 N–H and O–H groups in total. The molecule has 0 aromatic rings. The van der Waals surface area contributed by atoms with E-state index in [4.69, 9.17) is 4.74 Å². The van der Waals surface area contributed by atoms with E-state index in [2.05, 4.69) is 5.32 Å². The Bertz CT molecular complexity index is 420. The fourth-order valence-corrected chi connectivity index (χ4v) is 3.25. The molecule has 1 saturated carbocycles. The number of ether oxygens (including phenoxy) is 1. The molecule has 2 aliphatic rings. The number of methoxy groups -OCH3 is 1. The van der Waals surface area contributed by atoms with Gasteiger partial charge in [-0.05, 0) is 25.7 Å². The summed E-state index contributed by atoms with van der Waals surface area (Å²) >= 11 is 0. The van der Waals surface area contributed by atoms with Gasteiger partial charge in [-0.25, -0.2) is 0 Å². The maximum Gasteiger partial charge on any atom is 0.406 e. The fourth-order valence-electron chi connectivity index (χ4n) is 3.25. The van der Waals surface area contributed by atoms with Gasteiger partial charge in [0, 0.05) is 25.0 Å². The number of amides is 1. The molecule has 0 spiro atoms. The third-order valence-electron chi connectivity index (χ3n) is 4.32. The number of nitrogens with one attached hydrogen (secondary N) is 1. The number of nitrogens with zero attached hydrogens (tertiary/aromatic N) is 1. The minimum Gasteiger partial charge on any atom is -0.469 e. The lowest BCUT2D eigenvalue weighted by Crippen LogP contribution is -2.43. The topological polar surface area (TPSA) is 58.6 Å². The molecule has 0 aromatic carbocycles. The lowest BCUT2D eigenvalue weighted by atomic mass is 9.86. The highest BCUT2D eigenvalue weighted by Crippen LogP contribution is 2.27. The van der Waals surface area contributed by atoms with Gasteiger partial charge in [-0.15, -0.1) is 0 Å². The first-order valence-corrected chi connectivity index (χ1v) is 7.47. The van der Waals surface area contributed by atoms with Crippen LogP contribution >= 0.6 is 0 Å². The molecule has 0 unspecified atom stereocenters. The highest BCUT2D eigenvalue weighted by Gasteiger charge is 2.39. The molecule has 1 aliphatic heterocycles. The number of alkyl halides is 3. The number of rotatable bonds is 4. The predicted octanol–water partition coefficient (Wildman–Crippen LogP) is 1.47. The molecular formula is C14H21F3N2O3. The first kappa shape index (κ1) is 17.1. The maximum atomic E-state index is 12.4. The van der Waals surface area contributed by atoms with Gasteiger partial charge in [0.15, 0.2) is 0 Å². The molecule has 1 saturated heterocycles. The lowest BCUT2D eigenvalue weighted by Gasteiger charge is -2.29. The molecule has 0 radical (unpaired) electrons. The van der Waals surface area contributed by atoms with Gasteiger partial charge in [0.1, 0.15) is 6.54 Å². The number of carbonyl (C=O) groups excluding carboxylic acids is 2. The zero-order valence-corrected chi connectivity index (χ0v) is 12.5. The summed E-state index contributed by atoms with van der Waals surface area (Å²) in [6.45, 7) is -1.09. The van der Waals surface area contributed by atoms with Crippen molar-refractivity contribution in [2.45, 2.75) is 50.4 Å². The highest BCUT2D eigenvalue weighted by atomic mass is 19.4. The third-order valence-corrected chi connectivity index (χ3v) is 4.32. The molecule has 5 nitrogen and oxygen atoms in total. The van der Waals surface area contributed by atoms with Gasteiger partial charge in [-0.1, -0.05) is 0 Å². The van der Waals surface area contributed by atoms with Crippen LogP contribution in [0.3, 0.4) is 0 Å². The standard InChI is InChI=1S/C14H21F3N2O3/c1-22-13(21)9-2-4-10(5-3-9)18-11-6-12(20)19(7-11)8-14(15,16)17/h9-11,18H,2-8H2,1H3/t9?,10?,11-/m0/s1. The van der Waals surface area contributed by atoms with Crippen LogP contribution in [0.4, 0.5) is 13.2 Å². The van der Waals surface area contributed by atoms with Crippen LogP contribution in [0.25, 0.3) is 0 Å². The Hall–Kier alpha value is -1.31. The predicted molar refractivity (Wildman–Crippen MR) is 71.9 cm³/mol. The van der Waals surface area contributed by atoms with Gasteiger partial charge in [0.05, 0.1) is 13.0 Å². The molecular weight excluding hydrogens is 301 g/mol. The molecule has 22 heavy (non-hydrogen) atoms. The first-order chi connectivity index (χ1) is 10.3. The first-order valence-electron chi connectivity index (χ1n) is 7.47. The average molecular weight is 322 g/mol. The van der Waals surface area contributed by atoms with Crippen molar-refractivity contribution in [3.05, 3.63) is 0 Å². The normalized spacial score (nSPS) is 29.7. The largest absolute Gasteiger partial charge is 0.469 e. The second kappa shape index (κ2) is 6.85. The molecule has 2 rings (SSSR count). The molecule has 8 heteroatoms. The van der Waals surface area contributed by atoms with Crippen molar-refractivity contribution in [1.29, 1.82) is 0 Å². The Morgan fingerprint density at radius 3 is 2.45 bits per heavy atom. The third kappa shape index (κ3) is 4.59. The molecule has 0 bridgehead atoms. The molecule has 1 amide bonds. The molecule has 1 atom stereocenters. The van der Waals surface area contributed by atoms with E-state index >= 15 is 0 Å². The van der Waals surface area contributed by atoms with Gasteiger partial charge in [-0.3, -0.25) is 9.59 Å². The molecule has 2 fully saturated rings. The van der Waals surface area contributed by atoms with Gasteiger partial charge in [0.2, 0.25) is 5.91 Å². The minimum atomic E-state index is -4.36. The number of hydrogen-bond acceptors (Lipinski definition) is 4. The van der Waals surface area contributed by atoms with Crippen LogP contribution < -0.4 is 5.32 Å². The van der Waals surface area contributed by atoms with E-state index in [-0.39, 0.29) is 36.9 Å². The Morgan fingerprint density at radius 2 is 1.91 bits per heavy atom. The molecule has 126 valence electrons. The number of halogens is 3. The second-order valence-corrected chi connectivity index (χ2v) is 6.03. The summed E-state index contributed by atoms with van der Waals surface area (Å²) in [5, 5.41) is 3.26. The highest BCUT2D eigenvalue weighted by molar-refractivity contribution is 5.79. The minimum absolute atomic E-state index is 0.0880.